The predicted molar refractivity (Wildman–Crippen MR) is 66.2 cm³/mol. The van der Waals surface area contributed by atoms with Crippen LogP contribution in [0.4, 0.5) is 5.69 Å². The third kappa shape index (κ3) is 1.43. The van der Waals surface area contributed by atoms with Gasteiger partial charge in [-0.3, -0.25) is 4.79 Å². The highest BCUT2D eigenvalue weighted by Gasteiger charge is 2.36. The highest BCUT2D eigenvalue weighted by molar-refractivity contribution is 14.1. The Labute approximate surface area is 97.4 Å². The zero-order chi connectivity index (χ0) is 10.3. The topological polar surface area (TPSA) is 20.3 Å². The van der Waals surface area contributed by atoms with Gasteiger partial charge >= 0.3 is 0 Å². The number of nitrogens with zero attached hydrogens (tertiary/aromatic N) is 1. The van der Waals surface area contributed by atoms with Gasteiger partial charge in [-0.15, -0.1) is 0 Å². The molecule has 1 aromatic rings. The minimum Gasteiger partial charge on any atom is -0.359 e. The molecule has 2 rings (SSSR count). The van der Waals surface area contributed by atoms with Crippen LogP contribution in [0.5, 0.6) is 0 Å². The molecule has 1 aliphatic rings. The Balaban J connectivity index is 2.57. The Hall–Kier alpha value is -0.580. The van der Waals surface area contributed by atoms with E-state index >= 15 is 0 Å². The molecule has 0 aromatic heterocycles. The molecule has 14 heavy (non-hydrogen) atoms. The first kappa shape index (κ1) is 9.96. The molecular formula is C11H12INO. The fourth-order valence-electron chi connectivity index (χ4n) is 1.76. The molecule has 0 aliphatic carbocycles. The van der Waals surface area contributed by atoms with Gasteiger partial charge in [0.2, 0.25) is 0 Å². The van der Waals surface area contributed by atoms with E-state index in [0.717, 1.165) is 11.3 Å². The standard InChI is InChI=1S/C11H12INO/c1-11(12)7-10(14)8-5-3-4-6-9(8)13(11)2/h3-6H,7H2,1-2H3/t11-/m0/s1. The lowest BCUT2D eigenvalue weighted by atomic mass is 9.96. The lowest BCUT2D eigenvalue weighted by Crippen LogP contribution is -2.44. The zero-order valence-electron chi connectivity index (χ0n) is 8.25. The summed E-state index contributed by atoms with van der Waals surface area (Å²) in [5.74, 6) is 0.246. The number of alkyl halides is 1. The number of carbonyl (C=O) groups excluding carboxylic acids is 1. The SMILES string of the molecule is CN1c2ccccc2C(=O)C[C@@]1(C)I. The molecular weight excluding hydrogens is 289 g/mol. The van der Waals surface area contributed by atoms with Crippen LogP contribution in [0.1, 0.15) is 23.7 Å². The maximum absolute atomic E-state index is 11.8. The first-order valence-corrected chi connectivity index (χ1v) is 5.65. The first-order valence-electron chi connectivity index (χ1n) is 4.57. The van der Waals surface area contributed by atoms with E-state index in [9.17, 15) is 4.79 Å². The molecule has 0 bridgehead atoms. The number of benzene rings is 1. The number of halogens is 1. The van der Waals surface area contributed by atoms with E-state index in [4.69, 9.17) is 0 Å². The van der Waals surface area contributed by atoms with Crippen LogP contribution in [-0.2, 0) is 0 Å². The van der Waals surface area contributed by atoms with Crippen molar-refractivity contribution in [2.24, 2.45) is 0 Å². The second-order valence-corrected chi connectivity index (χ2v) is 6.14. The Morgan fingerprint density at radius 1 is 1.43 bits per heavy atom. The lowest BCUT2D eigenvalue weighted by molar-refractivity contribution is 0.0967. The lowest BCUT2D eigenvalue weighted by Gasteiger charge is -2.40. The fourth-order valence-corrected chi connectivity index (χ4v) is 2.37. The highest BCUT2D eigenvalue weighted by Crippen LogP contribution is 2.39. The number of hydrogen-bond acceptors (Lipinski definition) is 2. The third-order valence-corrected chi connectivity index (χ3v) is 3.85. The molecule has 1 aliphatic heterocycles. The Kier molecular flexibility index (Phi) is 2.29. The normalized spacial score (nSPS) is 26.2. The second kappa shape index (κ2) is 3.22. The molecule has 0 unspecified atom stereocenters. The van der Waals surface area contributed by atoms with Gasteiger partial charge in [0.05, 0.1) is 3.55 Å². The summed E-state index contributed by atoms with van der Waals surface area (Å²) in [6.07, 6.45) is 0.584. The van der Waals surface area contributed by atoms with E-state index in [0.29, 0.717) is 6.42 Å². The minimum atomic E-state index is -0.0941. The van der Waals surface area contributed by atoms with Crippen molar-refractivity contribution >= 4 is 34.1 Å². The molecule has 1 heterocycles. The van der Waals surface area contributed by atoms with Gasteiger partial charge < -0.3 is 4.90 Å². The van der Waals surface area contributed by atoms with Gasteiger partial charge in [0.15, 0.2) is 5.78 Å². The summed E-state index contributed by atoms with van der Waals surface area (Å²) in [6.45, 7) is 2.08. The monoisotopic (exact) mass is 301 g/mol. The molecule has 0 amide bonds. The quantitative estimate of drug-likeness (QED) is 0.417. The number of anilines is 1. The van der Waals surface area contributed by atoms with Crippen LogP contribution in [0, 0.1) is 0 Å². The first-order chi connectivity index (χ1) is 6.52. The van der Waals surface area contributed by atoms with Crippen molar-refractivity contribution in [1.29, 1.82) is 0 Å². The highest BCUT2D eigenvalue weighted by atomic mass is 127. The van der Waals surface area contributed by atoms with Crippen molar-refractivity contribution in [3.8, 4) is 0 Å². The molecule has 1 atom stereocenters. The van der Waals surface area contributed by atoms with Crippen LogP contribution in [0.3, 0.4) is 0 Å². The van der Waals surface area contributed by atoms with Gasteiger partial charge in [0.1, 0.15) is 0 Å². The van der Waals surface area contributed by atoms with Crippen molar-refractivity contribution in [3.05, 3.63) is 29.8 Å². The average Bonchev–Trinajstić information content (AvgIpc) is 2.14. The number of ketones is 1. The second-order valence-electron chi connectivity index (χ2n) is 3.82. The molecule has 1 aromatic carbocycles. The molecule has 0 saturated heterocycles. The van der Waals surface area contributed by atoms with Gasteiger partial charge in [-0.1, -0.05) is 34.7 Å². The van der Waals surface area contributed by atoms with Crippen LogP contribution in [-0.4, -0.2) is 16.4 Å². The summed E-state index contributed by atoms with van der Waals surface area (Å²) in [7, 11) is 2.04. The molecule has 3 heteroatoms. The molecule has 0 N–H and O–H groups in total. The summed E-state index contributed by atoms with van der Waals surface area (Å²) in [5, 5.41) is 0. The number of carbonyl (C=O) groups is 1. The van der Waals surface area contributed by atoms with E-state index in [-0.39, 0.29) is 9.33 Å². The summed E-state index contributed by atoms with van der Waals surface area (Å²) in [6, 6.07) is 7.80. The van der Waals surface area contributed by atoms with Crippen molar-refractivity contribution in [3.63, 3.8) is 0 Å². The van der Waals surface area contributed by atoms with Gasteiger partial charge in [0, 0.05) is 24.7 Å². The van der Waals surface area contributed by atoms with Crippen LogP contribution >= 0.6 is 22.6 Å². The van der Waals surface area contributed by atoms with Gasteiger partial charge in [-0.25, -0.2) is 0 Å². The van der Waals surface area contributed by atoms with E-state index in [2.05, 4.69) is 34.4 Å². The smallest absolute Gasteiger partial charge is 0.168 e. The maximum atomic E-state index is 11.8. The van der Waals surface area contributed by atoms with Gasteiger partial charge in [0.25, 0.3) is 0 Å². The Bertz CT molecular complexity index is 387. The van der Waals surface area contributed by atoms with Crippen molar-refractivity contribution in [2.75, 3.05) is 11.9 Å². The number of fused-ring (bicyclic) bond motifs is 1. The van der Waals surface area contributed by atoms with Crippen LogP contribution in [0.2, 0.25) is 0 Å². The molecule has 0 radical (unpaired) electrons. The molecule has 0 saturated carbocycles. The number of Topliss-reactive ketones (excluding diaryl/α,β-unsaturated/α-hetero) is 1. The molecule has 74 valence electrons. The number of rotatable bonds is 0. The number of hydrogen-bond donors (Lipinski definition) is 0. The van der Waals surface area contributed by atoms with E-state index in [1.807, 2.05) is 31.3 Å². The average molecular weight is 301 g/mol. The van der Waals surface area contributed by atoms with Crippen LogP contribution in [0.25, 0.3) is 0 Å². The molecule has 0 spiro atoms. The van der Waals surface area contributed by atoms with Crippen molar-refractivity contribution in [2.45, 2.75) is 16.9 Å². The molecule has 0 fully saturated rings. The van der Waals surface area contributed by atoms with Crippen LogP contribution < -0.4 is 4.90 Å². The molecule has 2 nitrogen and oxygen atoms in total. The summed E-state index contributed by atoms with van der Waals surface area (Å²) in [4.78, 5) is 14.0. The summed E-state index contributed by atoms with van der Waals surface area (Å²) < 4.78 is -0.0941. The maximum Gasteiger partial charge on any atom is 0.168 e. The minimum absolute atomic E-state index is 0.0941. The van der Waals surface area contributed by atoms with E-state index in [1.165, 1.54) is 0 Å². The van der Waals surface area contributed by atoms with Gasteiger partial charge in [-0.05, 0) is 19.1 Å². The fraction of sp³-hybridized carbons (Fsp3) is 0.364. The van der Waals surface area contributed by atoms with E-state index in [1.54, 1.807) is 0 Å². The predicted octanol–water partition coefficient (Wildman–Crippen LogP) is 2.86. The summed E-state index contributed by atoms with van der Waals surface area (Å²) >= 11 is 2.33. The van der Waals surface area contributed by atoms with Crippen molar-refractivity contribution in [1.82, 2.24) is 0 Å². The summed E-state index contributed by atoms with van der Waals surface area (Å²) in [5.41, 5.74) is 1.89. The largest absolute Gasteiger partial charge is 0.359 e. The Morgan fingerprint density at radius 2 is 2.07 bits per heavy atom. The van der Waals surface area contributed by atoms with Gasteiger partial charge in [-0.2, -0.15) is 0 Å². The third-order valence-electron chi connectivity index (χ3n) is 2.75. The van der Waals surface area contributed by atoms with Crippen LogP contribution in [0.15, 0.2) is 24.3 Å². The number of para-hydroxylation sites is 1. The van der Waals surface area contributed by atoms with Crippen molar-refractivity contribution < 1.29 is 4.79 Å². The Morgan fingerprint density at radius 3 is 2.79 bits per heavy atom. The van der Waals surface area contributed by atoms with E-state index < -0.39 is 0 Å². The zero-order valence-corrected chi connectivity index (χ0v) is 10.4.